The molecule has 1 saturated carbocycles. The zero-order valence-corrected chi connectivity index (χ0v) is 15.9. The minimum absolute atomic E-state index is 0.0411. The third-order valence-corrected chi connectivity index (χ3v) is 6.45. The lowest BCUT2D eigenvalue weighted by Gasteiger charge is -2.40. The van der Waals surface area contributed by atoms with Crippen LogP contribution in [0.15, 0.2) is 0 Å². The smallest absolute Gasteiger partial charge is 0.308 e. The van der Waals surface area contributed by atoms with Crippen LogP contribution < -0.4 is 0 Å². The third kappa shape index (κ3) is 5.14. The van der Waals surface area contributed by atoms with Gasteiger partial charge in [0.25, 0.3) is 0 Å². The highest BCUT2D eigenvalue weighted by Gasteiger charge is 2.39. The fourth-order valence-electron chi connectivity index (χ4n) is 3.44. The average Bonchev–Trinajstić information content (AvgIpc) is 2.47. The summed E-state index contributed by atoms with van der Waals surface area (Å²) >= 11 is -0.993. The zero-order valence-electron chi connectivity index (χ0n) is 15.1. The van der Waals surface area contributed by atoms with Gasteiger partial charge in [-0.15, -0.1) is 4.31 Å². The number of esters is 1. The van der Waals surface area contributed by atoms with Crippen LogP contribution in [0.1, 0.15) is 66.7 Å². The number of rotatable bonds is 6. The second-order valence-electron chi connectivity index (χ2n) is 7.25. The van der Waals surface area contributed by atoms with Crippen molar-refractivity contribution in [2.24, 2.45) is 11.8 Å². The topological polar surface area (TPSA) is 52.6 Å². The van der Waals surface area contributed by atoms with Gasteiger partial charge < -0.3 is 9.29 Å². The molecule has 0 radical (unpaired) electrons. The Bertz CT molecular complexity index is 348. The fraction of sp³-hybridized carbons (Fsp3) is 0.941. The normalized spacial score (nSPS) is 25.8. The number of carbonyl (C=O) groups is 1. The maximum atomic E-state index is 12.6. The van der Waals surface area contributed by atoms with Crippen LogP contribution in [0.3, 0.4) is 0 Å². The van der Waals surface area contributed by atoms with Gasteiger partial charge in [-0.2, -0.15) is 0 Å². The maximum Gasteiger partial charge on any atom is 0.308 e. The summed E-state index contributed by atoms with van der Waals surface area (Å²) in [5, 5.41) is 0. The van der Waals surface area contributed by atoms with Gasteiger partial charge in [-0.3, -0.25) is 4.79 Å². The van der Waals surface area contributed by atoms with Crippen LogP contribution in [0.4, 0.5) is 0 Å². The van der Waals surface area contributed by atoms with Gasteiger partial charge in [0.05, 0.1) is 18.6 Å². The Kier molecular flexibility index (Phi) is 7.69. The first-order valence-electron chi connectivity index (χ1n) is 8.53. The average molecular weight is 332 g/mol. The highest BCUT2D eigenvalue weighted by Crippen LogP contribution is 2.36. The summed E-state index contributed by atoms with van der Waals surface area (Å²) in [5.41, 5.74) is 0. The van der Waals surface area contributed by atoms with Crippen LogP contribution in [0.25, 0.3) is 0 Å². The van der Waals surface area contributed by atoms with E-state index in [2.05, 4.69) is 11.2 Å². The fourth-order valence-corrected chi connectivity index (χ4v) is 4.87. The highest BCUT2D eigenvalue weighted by atomic mass is 32.2. The molecule has 130 valence electrons. The Labute approximate surface area is 139 Å². The lowest BCUT2D eigenvalue weighted by Crippen LogP contribution is -2.49. The lowest BCUT2D eigenvalue weighted by atomic mass is 9.78. The van der Waals surface area contributed by atoms with E-state index in [4.69, 9.17) is 4.74 Å². The Morgan fingerprint density at radius 2 is 1.82 bits per heavy atom. The molecule has 5 heteroatoms. The molecular formula is C17H33NO3S. The highest BCUT2D eigenvalue weighted by molar-refractivity contribution is 7.90. The Morgan fingerprint density at radius 1 is 1.27 bits per heavy atom. The molecule has 2 atom stereocenters. The largest absolute Gasteiger partial charge is 0.598 e. The molecule has 0 heterocycles. The molecule has 1 fully saturated rings. The molecule has 0 saturated heterocycles. The van der Waals surface area contributed by atoms with Crippen LogP contribution >= 0.6 is 0 Å². The van der Waals surface area contributed by atoms with Crippen LogP contribution in [-0.2, 0) is 20.9 Å². The SMILES string of the molecule is CCOC(=O)C1CCC([C@@H](CC)N(C)[S@+]([O-])C(C)(C)C)CC1. The molecular weight excluding hydrogens is 298 g/mol. The number of hydrogen-bond acceptors (Lipinski definition) is 4. The van der Waals surface area contributed by atoms with Crippen molar-refractivity contribution in [3.8, 4) is 0 Å². The van der Waals surface area contributed by atoms with Gasteiger partial charge in [0, 0.05) is 18.4 Å². The summed E-state index contributed by atoms with van der Waals surface area (Å²) in [4.78, 5) is 11.8. The Hall–Kier alpha value is -0.260. The number of ether oxygens (including phenoxy) is 1. The Balaban J connectivity index is 2.61. The summed E-state index contributed by atoms with van der Waals surface area (Å²) in [6.07, 6.45) is 4.83. The van der Waals surface area contributed by atoms with Gasteiger partial charge in [0.2, 0.25) is 0 Å². The van der Waals surface area contributed by atoms with Crippen molar-refractivity contribution in [2.45, 2.75) is 77.5 Å². The van der Waals surface area contributed by atoms with E-state index in [1.54, 1.807) is 0 Å². The monoisotopic (exact) mass is 331 g/mol. The molecule has 4 nitrogen and oxygen atoms in total. The quantitative estimate of drug-likeness (QED) is 0.552. The first kappa shape index (κ1) is 19.8. The second kappa shape index (κ2) is 8.55. The van der Waals surface area contributed by atoms with Crippen molar-refractivity contribution in [3.63, 3.8) is 0 Å². The van der Waals surface area contributed by atoms with E-state index < -0.39 is 11.4 Å². The maximum absolute atomic E-state index is 12.6. The van der Waals surface area contributed by atoms with Crippen molar-refractivity contribution < 1.29 is 14.1 Å². The minimum atomic E-state index is -0.993. The molecule has 22 heavy (non-hydrogen) atoms. The van der Waals surface area contributed by atoms with Gasteiger partial charge in [-0.1, -0.05) is 6.92 Å². The number of nitrogens with zero attached hydrogens (tertiary/aromatic N) is 1. The van der Waals surface area contributed by atoms with Crippen molar-refractivity contribution in [2.75, 3.05) is 13.7 Å². The van der Waals surface area contributed by atoms with Crippen LogP contribution in [0.2, 0.25) is 0 Å². The van der Waals surface area contributed by atoms with Crippen LogP contribution in [0.5, 0.6) is 0 Å². The number of carbonyl (C=O) groups excluding carboxylic acids is 1. The van der Waals surface area contributed by atoms with Gasteiger partial charge in [0.15, 0.2) is 0 Å². The first-order valence-corrected chi connectivity index (χ1v) is 9.64. The predicted molar refractivity (Wildman–Crippen MR) is 91.8 cm³/mol. The van der Waals surface area contributed by atoms with E-state index in [9.17, 15) is 9.35 Å². The van der Waals surface area contributed by atoms with E-state index >= 15 is 0 Å². The summed E-state index contributed by atoms with van der Waals surface area (Å²) in [5.74, 6) is 0.541. The van der Waals surface area contributed by atoms with Gasteiger partial charge in [-0.05, 0) is 65.7 Å². The lowest BCUT2D eigenvalue weighted by molar-refractivity contribution is -0.149. The van der Waals surface area contributed by atoms with Gasteiger partial charge in [0.1, 0.15) is 4.75 Å². The van der Waals surface area contributed by atoms with E-state index in [1.165, 1.54) is 0 Å². The van der Waals surface area contributed by atoms with Gasteiger partial charge >= 0.3 is 5.97 Å². The first-order chi connectivity index (χ1) is 10.2. The van der Waals surface area contributed by atoms with E-state index in [0.717, 1.165) is 32.1 Å². The van der Waals surface area contributed by atoms with E-state index in [0.29, 0.717) is 18.6 Å². The molecule has 0 aromatic rings. The molecule has 0 aromatic heterocycles. The summed E-state index contributed by atoms with van der Waals surface area (Å²) < 4.78 is 19.6. The summed E-state index contributed by atoms with van der Waals surface area (Å²) in [7, 11) is 1.98. The summed E-state index contributed by atoms with van der Waals surface area (Å²) in [6.45, 7) is 10.5. The molecule has 0 unspecified atom stereocenters. The van der Waals surface area contributed by atoms with Gasteiger partial charge in [-0.25, -0.2) is 0 Å². The van der Waals surface area contributed by atoms with Crippen LogP contribution in [-0.4, -0.2) is 39.3 Å². The zero-order chi connectivity index (χ0) is 16.9. The molecule has 0 spiro atoms. The molecule has 0 aliphatic heterocycles. The van der Waals surface area contributed by atoms with E-state index in [1.807, 2.05) is 34.7 Å². The van der Waals surface area contributed by atoms with Crippen molar-refractivity contribution in [1.82, 2.24) is 4.31 Å². The standard InChI is InChI=1S/C17H33NO3S/c1-7-15(18(6)22(20)17(3,4)5)13-9-11-14(12-10-13)16(19)21-8-2/h13-15H,7-12H2,1-6H3/t13?,14?,15-,22-/m1/s1. The molecule has 0 N–H and O–H groups in total. The van der Waals surface area contributed by atoms with Crippen molar-refractivity contribution in [3.05, 3.63) is 0 Å². The number of hydrogen-bond donors (Lipinski definition) is 0. The third-order valence-electron chi connectivity index (χ3n) is 4.61. The minimum Gasteiger partial charge on any atom is -0.598 e. The second-order valence-corrected chi connectivity index (χ2v) is 9.55. The van der Waals surface area contributed by atoms with Crippen molar-refractivity contribution in [1.29, 1.82) is 0 Å². The molecule has 0 amide bonds. The molecule has 1 aliphatic carbocycles. The molecule has 1 aliphatic rings. The van der Waals surface area contributed by atoms with Crippen LogP contribution in [0, 0.1) is 11.8 Å². The molecule has 1 rings (SSSR count). The summed E-state index contributed by atoms with van der Waals surface area (Å²) in [6, 6.07) is 0.322. The van der Waals surface area contributed by atoms with Crippen molar-refractivity contribution >= 4 is 17.3 Å². The Morgan fingerprint density at radius 3 is 2.23 bits per heavy atom. The predicted octanol–water partition coefficient (Wildman–Crippen LogP) is 3.53. The van der Waals surface area contributed by atoms with E-state index in [-0.39, 0.29) is 16.6 Å². The molecule has 0 bridgehead atoms. The molecule has 0 aromatic carbocycles.